The van der Waals surface area contributed by atoms with Gasteiger partial charge in [-0.15, -0.1) is 0 Å². The number of unbranched alkanes of at least 4 members (excludes halogenated alkanes) is 7. The molecule has 2 aliphatic carbocycles. The van der Waals surface area contributed by atoms with E-state index in [0.29, 0.717) is 0 Å². The maximum absolute atomic E-state index is 2.39. The van der Waals surface area contributed by atoms with Crippen LogP contribution in [0.4, 0.5) is 0 Å². The third-order valence-electron chi connectivity index (χ3n) is 5.00. The van der Waals surface area contributed by atoms with E-state index in [-0.39, 0.29) is 0 Å². The van der Waals surface area contributed by atoms with Crippen LogP contribution in [0.5, 0.6) is 0 Å². The van der Waals surface area contributed by atoms with Gasteiger partial charge in [-0.05, 0) is 31.1 Å². The van der Waals surface area contributed by atoms with Crippen LogP contribution in [0.25, 0.3) is 0 Å². The zero-order valence-electron chi connectivity index (χ0n) is 12.9. The summed E-state index contributed by atoms with van der Waals surface area (Å²) < 4.78 is 0. The third-order valence-corrected chi connectivity index (χ3v) is 5.00. The minimum atomic E-state index is 0.920. The van der Waals surface area contributed by atoms with E-state index in [0.717, 1.165) is 11.8 Å². The lowest BCUT2D eigenvalue weighted by Gasteiger charge is -2.11. The van der Waals surface area contributed by atoms with Crippen molar-refractivity contribution in [3.63, 3.8) is 0 Å². The van der Waals surface area contributed by atoms with E-state index < -0.39 is 0 Å². The fourth-order valence-electron chi connectivity index (χ4n) is 3.81. The standard InChI is InChI=1S/C19H32/c1-2-3-4-5-6-7-8-9-12-17-15-18-13-10-11-14-19(18)16-17/h10-11,13,17,19H,2-9,12,14-16H2,1H3. The number of hydrogen-bond acceptors (Lipinski definition) is 0. The van der Waals surface area contributed by atoms with Crippen molar-refractivity contribution in [3.05, 3.63) is 23.8 Å². The summed E-state index contributed by atoms with van der Waals surface area (Å²) in [5.41, 5.74) is 1.76. The van der Waals surface area contributed by atoms with E-state index >= 15 is 0 Å². The molecule has 0 amide bonds. The first-order valence-corrected chi connectivity index (χ1v) is 8.75. The van der Waals surface area contributed by atoms with Crippen molar-refractivity contribution < 1.29 is 0 Å². The van der Waals surface area contributed by atoms with Crippen molar-refractivity contribution in [1.82, 2.24) is 0 Å². The second-order valence-electron chi connectivity index (χ2n) is 6.67. The van der Waals surface area contributed by atoms with Crippen LogP contribution in [0.3, 0.4) is 0 Å². The number of rotatable bonds is 9. The molecule has 2 atom stereocenters. The van der Waals surface area contributed by atoms with E-state index in [9.17, 15) is 0 Å². The first-order chi connectivity index (χ1) is 9.40. The average Bonchev–Trinajstić information content (AvgIpc) is 2.84. The Kier molecular flexibility index (Phi) is 6.74. The van der Waals surface area contributed by atoms with Crippen molar-refractivity contribution in [2.24, 2.45) is 11.8 Å². The topological polar surface area (TPSA) is 0 Å². The maximum Gasteiger partial charge on any atom is -0.0163 e. The van der Waals surface area contributed by atoms with Gasteiger partial charge >= 0.3 is 0 Å². The molecular formula is C19H32. The molecule has 0 radical (unpaired) electrons. The number of hydrogen-bond donors (Lipinski definition) is 0. The van der Waals surface area contributed by atoms with Gasteiger partial charge in [-0.2, -0.15) is 0 Å². The fraction of sp³-hybridized carbons (Fsp3) is 0.789. The summed E-state index contributed by atoms with van der Waals surface area (Å²) in [4.78, 5) is 0. The molecule has 0 nitrogen and oxygen atoms in total. The minimum Gasteiger partial charge on any atom is -0.0839 e. The van der Waals surface area contributed by atoms with Crippen LogP contribution in [-0.2, 0) is 0 Å². The molecule has 108 valence electrons. The summed E-state index contributed by atoms with van der Waals surface area (Å²) in [5.74, 6) is 1.93. The normalized spacial score (nSPS) is 25.4. The van der Waals surface area contributed by atoms with Gasteiger partial charge in [0.25, 0.3) is 0 Å². The van der Waals surface area contributed by atoms with E-state index in [1.165, 1.54) is 77.0 Å². The Labute approximate surface area is 120 Å². The molecule has 0 aliphatic heterocycles. The number of fused-ring (bicyclic) bond motifs is 1. The van der Waals surface area contributed by atoms with Gasteiger partial charge in [0, 0.05) is 0 Å². The van der Waals surface area contributed by atoms with E-state index in [1.54, 1.807) is 5.57 Å². The molecule has 0 aromatic heterocycles. The van der Waals surface area contributed by atoms with Gasteiger partial charge < -0.3 is 0 Å². The molecule has 0 N–H and O–H groups in total. The predicted molar refractivity (Wildman–Crippen MR) is 85.3 cm³/mol. The molecule has 0 heterocycles. The molecule has 0 aromatic rings. The highest BCUT2D eigenvalue weighted by Gasteiger charge is 2.28. The van der Waals surface area contributed by atoms with Crippen LogP contribution in [0.15, 0.2) is 23.8 Å². The molecule has 0 saturated heterocycles. The van der Waals surface area contributed by atoms with E-state index in [1.807, 2.05) is 0 Å². The Balaban J connectivity index is 1.46. The van der Waals surface area contributed by atoms with Gasteiger partial charge in [0.2, 0.25) is 0 Å². The summed E-state index contributed by atoms with van der Waals surface area (Å²) >= 11 is 0. The summed E-state index contributed by atoms with van der Waals surface area (Å²) in [6.45, 7) is 2.30. The zero-order valence-corrected chi connectivity index (χ0v) is 12.9. The molecule has 0 aromatic carbocycles. The third kappa shape index (κ3) is 5.16. The van der Waals surface area contributed by atoms with Crippen LogP contribution in [0.2, 0.25) is 0 Å². The second kappa shape index (κ2) is 8.61. The highest BCUT2D eigenvalue weighted by atomic mass is 14.3. The lowest BCUT2D eigenvalue weighted by Crippen LogP contribution is -1.98. The average molecular weight is 260 g/mol. The summed E-state index contributed by atoms with van der Waals surface area (Å²) in [6, 6.07) is 0. The Morgan fingerprint density at radius 1 is 1.00 bits per heavy atom. The lowest BCUT2D eigenvalue weighted by molar-refractivity contribution is 0.439. The van der Waals surface area contributed by atoms with Crippen LogP contribution in [0.1, 0.15) is 84.0 Å². The highest BCUT2D eigenvalue weighted by Crippen LogP contribution is 2.42. The number of allylic oxidation sites excluding steroid dienone is 4. The van der Waals surface area contributed by atoms with E-state index in [4.69, 9.17) is 0 Å². The van der Waals surface area contributed by atoms with Crippen LogP contribution in [-0.4, -0.2) is 0 Å². The van der Waals surface area contributed by atoms with Crippen LogP contribution >= 0.6 is 0 Å². The van der Waals surface area contributed by atoms with Crippen molar-refractivity contribution in [3.8, 4) is 0 Å². The minimum absolute atomic E-state index is 0.920. The Bertz CT molecular complexity index is 297. The molecule has 1 saturated carbocycles. The Morgan fingerprint density at radius 2 is 1.74 bits per heavy atom. The Morgan fingerprint density at radius 3 is 2.47 bits per heavy atom. The summed E-state index contributed by atoms with van der Waals surface area (Å²) in [7, 11) is 0. The van der Waals surface area contributed by atoms with Crippen molar-refractivity contribution in [2.45, 2.75) is 84.0 Å². The van der Waals surface area contributed by atoms with Crippen molar-refractivity contribution >= 4 is 0 Å². The van der Waals surface area contributed by atoms with Crippen molar-refractivity contribution in [2.75, 3.05) is 0 Å². The van der Waals surface area contributed by atoms with Gasteiger partial charge in [-0.25, -0.2) is 0 Å². The maximum atomic E-state index is 2.39. The van der Waals surface area contributed by atoms with Crippen LogP contribution < -0.4 is 0 Å². The van der Waals surface area contributed by atoms with Gasteiger partial charge in [-0.1, -0.05) is 88.5 Å². The van der Waals surface area contributed by atoms with E-state index in [2.05, 4.69) is 25.2 Å². The largest absolute Gasteiger partial charge is 0.0839 e. The van der Waals surface area contributed by atoms with Gasteiger partial charge in [0.05, 0.1) is 0 Å². The quantitative estimate of drug-likeness (QED) is 0.419. The molecule has 0 bridgehead atoms. The first kappa shape index (κ1) is 14.9. The SMILES string of the molecule is CCCCCCCCCCC1CC2=CC=CCC2C1. The predicted octanol–water partition coefficient (Wildman–Crippen LogP) is 6.43. The molecule has 2 rings (SSSR count). The highest BCUT2D eigenvalue weighted by molar-refractivity contribution is 5.24. The van der Waals surface area contributed by atoms with Gasteiger partial charge in [0.15, 0.2) is 0 Å². The molecule has 19 heavy (non-hydrogen) atoms. The molecular weight excluding hydrogens is 228 g/mol. The molecule has 1 fully saturated rings. The molecule has 0 spiro atoms. The first-order valence-electron chi connectivity index (χ1n) is 8.75. The molecule has 2 unspecified atom stereocenters. The molecule has 2 aliphatic rings. The van der Waals surface area contributed by atoms with Gasteiger partial charge in [0.1, 0.15) is 0 Å². The second-order valence-corrected chi connectivity index (χ2v) is 6.67. The summed E-state index contributed by atoms with van der Waals surface area (Å²) in [6.07, 6.45) is 24.4. The fourth-order valence-corrected chi connectivity index (χ4v) is 3.81. The lowest BCUT2D eigenvalue weighted by atomic mass is 9.94. The van der Waals surface area contributed by atoms with Crippen LogP contribution in [0, 0.1) is 11.8 Å². The zero-order chi connectivity index (χ0) is 13.3. The summed E-state index contributed by atoms with van der Waals surface area (Å²) in [5, 5.41) is 0. The monoisotopic (exact) mass is 260 g/mol. The van der Waals surface area contributed by atoms with Crippen molar-refractivity contribution in [1.29, 1.82) is 0 Å². The molecule has 0 heteroatoms. The smallest absolute Gasteiger partial charge is 0.0163 e. The Hall–Kier alpha value is -0.520. The van der Waals surface area contributed by atoms with Gasteiger partial charge in [-0.3, -0.25) is 0 Å².